The van der Waals surface area contributed by atoms with E-state index in [-0.39, 0.29) is 0 Å². The van der Waals surface area contributed by atoms with Crippen LogP contribution in [0.5, 0.6) is 0 Å². The molecule has 0 bridgehead atoms. The van der Waals surface area contributed by atoms with Crippen molar-refractivity contribution in [2.75, 3.05) is 0 Å². The van der Waals surface area contributed by atoms with Crippen LogP contribution in [-0.4, -0.2) is 28.2 Å². The summed E-state index contributed by atoms with van der Waals surface area (Å²) in [5, 5.41) is 26.9. The number of hydrogen-bond donors (Lipinski definition) is 3. The number of aliphatic carboxylic acids is 1. The van der Waals surface area contributed by atoms with Gasteiger partial charge in [-0.2, -0.15) is 0 Å². The molecule has 0 saturated heterocycles. The molecule has 0 spiro atoms. The predicted molar refractivity (Wildman–Crippen MR) is 56.8 cm³/mol. The maximum absolute atomic E-state index is 10.7. The minimum Gasteiger partial charge on any atom is -0.481 e. The lowest BCUT2D eigenvalue weighted by atomic mass is 9.75. The molecule has 0 aliphatic carbocycles. The number of carboxylic acid groups (broad SMARTS) is 1. The van der Waals surface area contributed by atoms with Crippen molar-refractivity contribution >= 4 is 18.6 Å². The zero-order valence-electron chi connectivity index (χ0n) is 8.42. The van der Waals surface area contributed by atoms with Gasteiger partial charge in [-0.3, -0.25) is 4.79 Å². The van der Waals surface area contributed by atoms with Crippen LogP contribution in [0.2, 0.25) is 0 Å². The van der Waals surface area contributed by atoms with Crippen molar-refractivity contribution in [3.63, 3.8) is 0 Å². The molecule has 1 aromatic carbocycles. The van der Waals surface area contributed by atoms with E-state index in [0.29, 0.717) is 17.4 Å². The second-order valence-corrected chi connectivity index (χ2v) is 3.52. The molecule has 1 rings (SSSR count). The van der Waals surface area contributed by atoms with E-state index >= 15 is 0 Å². The largest absolute Gasteiger partial charge is 0.488 e. The predicted octanol–water partition coefficient (Wildman–Crippen LogP) is -0.370. The van der Waals surface area contributed by atoms with Crippen LogP contribution in [-0.2, 0) is 11.2 Å². The SMILES string of the molecule is CC(Cc1ccccc1B(O)O)C(=O)O. The van der Waals surface area contributed by atoms with Gasteiger partial charge < -0.3 is 15.2 Å². The van der Waals surface area contributed by atoms with E-state index in [2.05, 4.69) is 0 Å². The monoisotopic (exact) mass is 208 g/mol. The Bertz CT molecular complexity index is 351. The number of benzene rings is 1. The summed E-state index contributed by atoms with van der Waals surface area (Å²) >= 11 is 0. The van der Waals surface area contributed by atoms with Crippen LogP contribution < -0.4 is 5.46 Å². The fourth-order valence-electron chi connectivity index (χ4n) is 1.39. The minimum absolute atomic E-state index is 0.295. The Morgan fingerprint density at radius 2 is 2.00 bits per heavy atom. The van der Waals surface area contributed by atoms with Gasteiger partial charge in [-0.15, -0.1) is 0 Å². The summed E-state index contributed by atoms with van der Waals surface area (Å²) in [5.74, 6) is -1.43. The van der Waals surface area contributed by atoms with Gasteiger partial charge in [0, 0.05) is 0 Å². The number of carboxylic acids is 1. The lowest BCUT2D eigenvalue weighted by Crippen LogP contribution is -2.34. The van der Waals surface area contributed by atoms with Gasteiger partial charge in [0.2, 0.25) is 0 Å². The molecule has 0 aliphatic rings. The second kappa shape index (κ2) is 4.95. The van der Waals surface area contributed by atoms with E-state index in [1.807, 2.05) is 0 Å². The second-order valence-electron chi connectivity index (χ2n) is 3.52. The Morgan fingerprint density at radius 3 is 2.53 bits per heavy atom. The molecule has 0 aromatic heterocycles. The van der Waals surface area contributed by atoms with Gasteiger partial charge >= 0.3 is 13.1 Å². The Morgan fingerprint density at radius 1 is 1.40 bits per heavy atom. The molecule has 5 heteroatoms. The number of hydrogen-bond acceptors (Lipinski definition) is 3. The summed E-state index contributed by atoms with van der Waals surface area (Å²) in [5.41, 5.74) is 1.02. The van der Waals surface area contributed by atoms with Gasteiger partial charge in [-0.1, -0.05) is 31.2 Å². The normalized spacial score (nSPS) is 12.2. The summed E-state index contributed by atoms with van der Waals surface area (Å²) in [6.07, 6.45) is 0.295. The first-order valence-corrected chi connectivity index (χ1v) is 4.69. The summed E-state index contributed by atoms with van der Waals surface area (Å²) in [4.78, 5) is 10.7. The van der Waals surface area contributed by atoms with Gasteiger partial charge in [0.15, 0.2) is 0 Å². The topological polar surface area (TPSA) is 77.8 Å². The van der Waals surface area contributed by atoms with E-state index in [0.717, 1.165) is 0 Å². The van der Waals surface area contributed by atoms with Crippen molar-refractivity contribution < 1.29 is 19.9 Å². The third-order valence-corrected chi connectivity index (χ3v) is 2.28. The van der Waals surface area contributed by atoms with Crippen LogP contribution in [0.15, 0.2) is 24.3 Å². The third-order valence-electron chi connectivity index (χ3n) is 2.28. The summed E-state index contributed by atoms with van der Waals surface area (Å²) < 4.78 is 0. The van der Waals surface area contributed by atoms with Crippen LogP contribution in [0.25, 0.3) is 0 Å². The van der Waals surface area contributed by atoms with Crippen molar-refractivity contribution in [1.29, 1.82) is 0 Å². The number of carbonyl (C=O) groups is 1. The first-order chi connectivity index (χ1) is 7.02. The molecule has 0 heterocycles. The highest BCUT2D eigenvalue weighted by molar-refractivity contribution is 6.59. The first-order valence-electron chi connectivity index (χ1n) is 4.69. The van der Waals surface area contributed by atoms with E-state index in [4.69, 9.17) is 15.2 Å². The van der Waals surface area contributed by atoms with Crippen molar-refractivity contribution in [2.24, 2.45) is 5.92 Å². The number of rotatable bonds is 4. The Balaban J connectivity index is 2.89. The van der Waals surface area contributed by atoms with Gasteiger partial charge in [-0.05, 0) is 17.4 Å². The molecule has 1 atom stereocenters. The fraction of sp³-hybridized carbons (Fsp3) is 0.300. The third kappa shape index (κ3) is 3.07. The van der Waals surface area contributed by atoms with Crippen LogP contribution in [0, 0.1) is 5.92 Å². The maximum atomic E-state index is 10.7. The molecule has 1 unspecified atom stereocenters. The average molecular weight is 208 g/mol. The van der Waals surface area contributed by atoms with Crippen LogP contribution in [0.3, 0.4) is 0 Å². The Kier molecular flexibility index (Phi) is 3.88. The van der Waals surface area contributed by atoms with Crippen molar-refractivity contribution in [3.8, 4) is 0 Å². The van der Waals surface area contributed by atoms with Gasteiger partial charge in [-0.25, -0.2) is 0 Å². The first kappa shape index (κ1) is 11.7. The molecule has 15 heavy (non-hydrogen) atoms. The summed E-state index contributed by atoms with van der Waals surface area (Å²) in [6, 6.07) is 6.71. The fourth-order valence-corrected chi connectivity index (χ4v) is 1.39. The van der Waals surface area contributed by atoms with Crippen molar-refractivity contribution in [3.05, 3.63) is 29.8 Å². The van der Waals surface area contributed by atoms with Crippen molar-refractivity contribution in [1.82, 2.24) is 0 Å². The van der Waals surface area contributed by atoms with E-state index in [1.54, 1.807) is 31.2 Å². The highest BCUT2D eigenvalue weighted by Gasteiger charge is 2.19. The molecule has 0 amide bonds. The summed E-state index contributed by atoms with van der Waals surface area (Å²) in [6.45, 7) is 1.59. The maximum Gasteiger partial charge on any atom is 0.488 e. The van der Waals surface area contributed by atoms with Gasteiger partial charge in [0.1, 0.15) is 0 Å². The average Bonchev–Trinajstić information content (AvgIpc) is 2.18. The van der Waals surface area contributed by atoms with Crippen LogP contribution in [0.4, 0.5) is 0 Å². The molecule has 0 radical (unpaired) electrons. The highest BCUT2D eigenvalue weighted by Crippen LogP contribution is 2.07. The van der Waals surface area contributed by atoms with Crippen LogP contribution in [0.1, 0.15) is 12.5 Å². The van der Waals surface area contributed by atoms with Crippen LogP contribution >= 0.6 is 0 Å². The molecule has 4 nitrogen and oxygen atoms in total. The van der Waals surface area contributed by atoms with Crippen molar-refractivity contribution in [2.45, 2.75) is 13.3 Å². The minimum atomic E-state index is -1.55. The summed E-state index contributed by atoms with van der Waals surface area (Å²) in [7, 11) is -1.55. The molecule has 3 N–H and O–H groups in total. The molecule has 1 aromatic rings. The van der Waals surface area contributed by atoms with E-state index < -0.39 is 19.0 Å². The quantitative estimate of drug-likeness (QED) is 0.590. The van der Waals surface area contributed by atoms with E-state index in [1.165, 1.54) is 0 Å². The smallest absolute Gasteiger partial charge is 0.481 e. The van der Waals surface area contributed by atoms with E-state index in [9.17, 15) is 4.79 Å². The standard InChI is InChI=1S/C10H13BO4/c1-7(10(12)13)6-8-4-2-3-5-9(8)11(14)15/h2-5,7,14-15H,6H2,1H3,(H,12,13). The highest BCUT2D eigenvalue weighted by atomic mass is 16.4. The lowest BCUT2D eigenvalue weighted by Gasteiger charge is -2.10. The lowest BCUT2D eigenvalue weighted by molar-refractivity contribution is -0.141. The van der Waals surface area contributed by atoms with Gasteiger partial charge in [0.05, 0.1) is 5.92 Å². The zero-order valence-corrected chi connectivity index (χ0v) is 8.42. The Labute approximate surface area is 88.3 Å². The van der Waals surface area contributed by atoms with Gasteiger partial charge in [0.25, 0.3) is 0 Å². The molecular weight excluding hydrogens is 195 g/mol. The molecule has 0 aliphatic heterocycles. The molecular formula is C10H13BO4. The Hall–Kier alpha value is -1.33. The molecule has 80 valence electrons. The zero-order chi connectivity index (χ0) is 11.4. The molecule has 0 saturated carbocycles. The molecule has 0 fully saturated rings.